The van der Waals surface area contributed by atoms with Gasteiger partial charge in [-0.15, -0.1) is 0 Å². The van der Waals surface area contributed by atoms with Crippen molar-refractivity contribution in [2.45, 2.75) is 31.6 Å². The summed E-state index contributed by atoms with van der Waals surface area (Å²) in [7, 11) is -3.65. The number of carbonyl (C=O) groups is 1. The van der Waals surface area contributed by atoms with Gasteiger partial charge in [-0.1, -0.05) is 30.3 Å². The van der Waals surface area contributed by atoms with Crippen molar-refractivity contribution >= 4 is 26.7 Å². The fraction of sp³-hybridized carbons (Fsp3) is 0.320. The lowest BCUT2D eigenvalue weighted by atomic mass is 9.99. The lowest BCUT2D eigenvalue weighted by Crippen LogP contribution is -2.50. The number of amides is 1. The maximum absolute atomic E-state index is 13.1. The van der Waals surface area contributed by atoms with Gasteiger partial charge in [0, 0.05) is 38.3 Å². The van der Waals surface area contributed by atoms with E-state index in [1.807, 2.05) is 30.3 Å². The number of aromatic nitrogens is 1. The number of rotatable bonds is 5. The molecule has 1 amide bonds. The maximum atomic E-state index is 13.1. The average molecular weight is 479 g/mol. The van der Waals surface area contributed by atoms with Crippen LogP contribution in [0.2, 0.25) is 0 Å². The highest BCUT2D eigenvalue weighted by Gasteiger charge is 2.30. The summed E-state index contributed by atoms with van der Waals surface area (Å²) in [6.45, 7) is 4.58. The van der Waals surface area contributed by atoms with Crippen molar-refractivity contribution in [2.24, 2.45) is 0 Å². The Morgan fingerprint density at radius 1 is 1.06 bits per heavy atom. The Labute approximate surface area is 198 Å². The van der Waals surface area contributed by atoms with Crippen molar-refractivity contribution in [3.8, 4) is 6.07 Å². The number of nitrogens with zero attached hydrogens (tertiary/aromatic N) is 3. The second-order valence-corrected chi connectivity index (χ2v) is 10.4. The molecule has 1 saturated heterocycles. The minimum absolute atomic E-state index is 0.0700. The third-order valence-corrected chi connectivity index (χ3v) is 8.35. The topological polar surface area (TPSA) is 114 Å². The van der Waals surface area contributed by atoms with Crippen molar-refractivity contribution < 1.29 is 13.2 Å². The zero-order valence-electron chi connectivity index (χ0n) is 19.2. The van der Waals surface area contributed by atoms with E-state index in [-0.39, 0.29) is 35.9 Å². The molecule has 0 bridgehead atoms. The highest BCUT2D eigenvalue weighted by atomic mass is 32.2. The molecule has 176 valence electrons. The quantitative estimate of drug-likeness (QED) is 0.605. The van der Waals surface area contributed by atoms with Gasteiger partial charge >= 0.3 is 0 Å². The number of carbonyl (C=O) groups excluding carboxylic acids is 1. The summed E-state index contributed by atoms with van der Waals surface area (Å²) in [6.07, 6.45) is 0.619. The van der Waals surface area contributed by atoms with Gasteiger partial charge in [0.2, 0.25) is 15.9 Å². The first-order chi connectivity index (χ1) is 16.2. The van der Waals surface area contributed by atoms with Gasteiger partial charge < -0.3 is 9.88 Å². The minimum Gasteiger partial charge on any atom is -0.340 e. The third kappa shape index (κ3) is 4.47. The van der Waals surface area contributed by atoms with Gasteiger partial charge in [0.1, 0.15) is 11.6 Å². The van der Waals surface area contributed by atoms with E-state index in [0.717, 1.165) is 16.3 Å². The van der Waals surface area contributed by atoms with Crippen molar-refractivity contribution in [3.05, 3.63) is 75.2 Å². The van der Waals surface area contributed by atoms with Crippen LogP contribution in [0.1, 0.15) is 28.8 Å². The number of hydrogen-bond donors (Lipinski definition) is 1. The molecule has 4 rings (SSSR count). The van der Waals surface area contributed by atoms with E-state index in [9.17, 15) is 23.3 Å². The number of nitrogens with one attached hydrogen (secondary N) is 1. The van der Waals surface area contributed by atoms with Crippen LogP contribution in [0.15, 0.2) is 52.2 Å². The van der Waals surface area contributed by atoms with E-state index in [1.165, 1.54) is 4.31 Å². The molecule has 0 atom stereocenters. The van der Waals surface area contributed by atoms with Crippen molar-refractivity contribution in [2.75, 3.05) is 26.2 Å². The van der Waals surface area contributed by atoms with Gasteiger partial charge in [-0.05, 0) is 54.3 Å². The molecule has 1 aliphatic heterocycles. The van der Waals surface area contributed by atoms with Crippen molar-refractivity contribution in [1.82, 2.24) is 14.2 Å². The van der Waals surface area contributed by atoms with E-state index in [4.69, 9.17) is 0 Å². The standard InChI is InChI=1S/C25H26N4O4S/c1-17-22(18(2)27-25(31)23(17)16-26)9-10-24(30)28-11-13-29(14-12-28)34(32,33)21-8-7-19-5-3-4-6-20(19)15-21/h3-8,15H,9-14H2,1-2H3,(H,27,31). The molecule has 0 aliphatic carbocycles. The molecule has 0 spiro atoms. The van der Waals surface area contributed by atoms with Gasteiger partial charge in [-0.25, -0.2) is 8.42 Å². The van der Waals surface area contributed by atoms with Crippen LogP contribution < -0.4 is 5.56 Å². The zero-order valence-corrected chi connectivity index (χ0v) is 20.0. The maximum Gasteiger partial charge on any atom is 0.266 e. The van der Waals surface area contributed by atoms with E-state index < -0.39 is 15.6 Å². The SMILES string of the molecule is Cc1[nH]c(=O)c(C#N)c(C)c1CCC(=O)N1CCN(S(=O)(=O)c2ccc3ccccc3c2)CC1. The number of hydrogen-bond acceptors (Lipinski definition) is 5. The Hall–Kier alpha value is -3.48. The van der Waals surface area contributed by atoms with Gasteiger partial charge in [-0.2, -0.15) is 9.57 Å². The molecular formula is C25H26N4O4S. The Balaban J connectivity index is 1.40. The molecule has 1 fully saturated rings. The van der Waals surface area contributed by atoms with Crippen LogP contribution in [0, 0.1) is 25.2 Å². The average Bonchev–Trinajstić information content (AvgIpc) is 2.83. The van der Waals surface area contributed by atoms with Gasteiger partial charge in [0.05, 0.1) is 4.90 Å². The largest absolute Gasteiger partial charge is 0.340 e. The molecule has 2 aromatic carbocycles. The number of nitriles is 1. The summed E-state index contributed by atoms with van der Waals surface area (Å²) in [5.74, 6) is -0.0775. The summed E-state index contributed by atoms with van der Waals surface area (Å²) in [4.78, 5) is 29.3. The summed E-state index contributed by atoms with van der Waals surface area (Å²) in [5.41, 5.74) is 1.70. The lowest BCUT2D eigenvalue weighted by Gasteiger charge is -2.34. The Kier molecular flexibility index (Phi) is 6.55. The molecule has 2 heterocycles. The predicted molar refractivity (Wildman–Crippen MR) is 129 cm³/mol. The molecule has 3 aromatic rings. The van der Waals surface area contributed by atoms with Gasteiger partial charge in [0.25, 0.3) is 5.56 Å². The summed E-state index contributed by atoms with van der Waals surface area (Å²) in [6, 6.07) is 14.7. The number of aryl methyl sites for hydroxylation is 1. The van der Waals surface area contributed by atoms with Crippen LogP contribution in [0.4, 0.5) is 0 Å². The van der Waals surface area contributed by atoms with Crippen LogP contribution in [0.5, 0.6) is 0 Å². The molecule has 1 N–H and O–H groups in total. The molecular weight excluding hydrogens is 452 g/mol. The van der Waals surface area contributed by atoms with Gasteiger partial charge in [-0.3, -0.25) is 9.59 Å². The van der Waals surface area contributed by atoms with E-state index >= 15 is 0 Å². The molecule has 0 radical (unpaired) electrons. The smallest absolute Gasteiger partial charge is 0.266 e. The molecule has 0 saturated carbocycles. The highest BCUT2D eigenvalue weighted by molar-refractivity contribution is 7.89. The van der Waals surface area contributed by atoms with Crippen molar-refractivity contribution in [1.29, 1.82) is 5.26 Å². The molecule has 34 heavy (non-hydrogen) atoms. The summed E-state index contributed by atoms with van der Waals surface area (Å²) < 4.78 is 27.7. The molecule has 8 nitrogen and oxygen atoms in total. The van der Waals surface area contributed by atoms with Crippen molar-refractivity contribution in [3.63, 3.8) is 0 Å². The monoisotopic (exact) mass is 478 g/mol. The third-order valence-electron chi connectivity index (χ3n) is 6.46. The minimum atomic E-state index is -3.65. The number of piperazine rings is 1. The zero-order chi connectivity index (χ0) is 24.5. The fourth-order valence-corrected chi connectivity index (χ4v) is 5.92. The number of H-pyrrole nitrogens is 1. The van der Waals surface area contributed by atoms with E-state index in [1.54, 1.807) is 36.9 Å². The van der Waals surface area contributed by atoms with E-state index in [0.29, 0.717) is 30.8 Å². The van der Waals surface area contributed by atoms with Crippen LogP contribution >= 0.6 is 0 Å². The van der Waals surface area contributed by atoms with Crippen LogP contribution in [-0.2, 0) is 21.2 Å². The Morgan fingerprint density at radius 3 is 2.41 bits per heavy atom. The Morgan fingerprint density at radius 2 is 1.74 bits per heavy atom. The number of pyridine rings is 1. The first kappa shape index (κ1) is 23.7. The second kappa shape index (κ2) is 9.41. The molecule has 9 heteroatoms. The molecule has 0 unspecified atom stereocenters. The highest BCUT2D eigenvalue weighted by Crippen LogP contribution is 2.23. The lowest BCUT2D eigenvalue weighted by molar-refractivity contribution is -0.132. The number of fused-ring (bicyclic) bond motifs is 1. The predicted octanol–water partition coefficient (Wildman–Crippen LogP) is 2.48. The first-order valence-corrected chi connectivity index (χ1v) is 12.6. The molecule has 1 aromatic heterocycles. The number of benzene rings is 2. The van der Waals surface area contributed by atoms with Gasteiger partial charge in [0.15, 0.2) is 0 Å². The van der Waals surface area contributed by atoms with Crippen LogP contribution in [0.3, 0.4) is 0 Å². The number of sulfonamides is 1. The fourth-order valence-electron chi connectivity index (χ4n) is 4.47. The first-order valence-electron chi connectivity index (χ1n) is 11.1. The second-order valence-electron chi connectivity index (χ2n) is 8.46. The number of aromatic amines is 1. The normalized spacial score (nSPS) is 14.8. The summed E-state index contributed by atoms with van der Waals surface area (Å²) >= 11 is 0. The van der Waals surface area contributed by atoms with E-state index in [2.05, 4.69) is 4.98 Å². The summed E-state index contributed by atoms with van der Waals surface area (Å²) in [5, 5.41) is 11.1. The molecule has 1 aliphatic rings. The van der Waals surface area contributed by atoms with Crippen LogP contribution in [-0.4, -0.2) is 54.7 Å². The van der Waals surface area contributed by atoms with Crippen LogP contribution in [0.25, 0.3) is 10.8 Å². The Bertz CT molecular complexity index is 1460.